The van der Waals surface area contributed by atoms with Gasteiger partial charge in [-0.05, 0) is 30.3 Å². The molecule has 2 N–H and O–H groups in total. The standard InChI is InChI=1S/C19H18N2O2S/c1-13-16(18(22)23-12-14-8-4-2-5-9-14)17(21-19(24)20-13)15-10-6-3-7-11-15/h2-11,17H,12H2,1H3,(H2,20,21,24). The van der Waals surface area contributed by atoms with E-state index in [0.29, 0.717) is 16.4 Å². The summed E-state index contributed by atoms with van der Waals surface area (Å²) >= 11 is 5.23. The molecule has 0 aromatic heterocycles. The summed E-state index contributed by atoms with van der Waals surface area (Å²) < 4.78 is 5.50. The highest BCUT2D eigenvalue weighted by atomic mass is 32.1. The lowest BCUT2D eigenvalue weighted by Crippen LogP contribution is -2.45. The van der Waals surface area contributed by atoms with Crippen molar-refractivity contribution < 1.29 is 9.53 Å². The smallest absolute Gasteiger partial charge is 0.338 e. The van der Waals surface area contributed by atoms with Gasteiger partial charge in [0.15, 0.2) is 5.11 Å². The maximum Gasteiger partial charge on any atom is 0.338 e. The number of ether oxygens (including phenoxy) is 1. The first kappa shape index (κ1) is 16.2. The Morgan fingerprint density at radius 3 is 2.38 bits per heavy atom. The molecule has 0 saturated carbocycles. The van der Waals surface area contributed by atoms with E-state index in [1.54, 1.807) is 0 Å². The van der Waals surface area contributed by atoms with Crippen molar-refractivity contribution in [3.63, 3.8) is 0 Å². The third-order valence-corrected chi connectivity index (χ3v) is 4.05. The molecule has 0 amide bonds. The summed E-state index contributed by atoms with van der Waals surface area (Å²) in [5.74, 6) is -0.354. The predicted octanol–water partition coefficient (Wildman–Crippen LogP) is 3.22. The lowest BCUT2D eigenvalue weighted by molar-refractivity contribution is -0.140. The van der Waals surface area contributed by atoms with Crippen molar-refractivity contribution in [2.45, 2.75) is 19.6 Å². The minimum Gasteiger partial charge on any atom is -0.457 e. The van der Waals surface area contributed by atoms with Crippen molar-refractivity contribution in [1.29, 1.82) is 0 Å². The molecular formula is C19H18N2O2S. The first-order chi connectivity index (χ1) is 11.6. The van der Waals surface area contributed by atoms with Crippen LogP contribution in [-0.2, 0) is 16.1 Å². The molecule has 0 saturated heterocycles. The van der Waals surface area contributed by atoms with E-state index in [2.05, 4.69) is 10.6 Å². The molecule has 0 aliphatic carbocycles. The number of nitrogens with one attached hydrogen (secondary N) is 2. The summed E-state index contributed by atoms with van der Waals surface area (Å²) in [6, 6.07) is 19.0. The van der Waals surface area contributed by atoms with Crippen molar-refractivity contribution >= 4 is 23.3 Å². The predicted molar refractivity (Wildman–Crippen MR) is 97.0 cm³/mol. The lowest BCUT2D eigenvalue weighted by Gasteiger charge is -2.29. The minimum absolute atomic E-state index is 0.239. The van der Waals surface area contributed by atoms with Crippen LogP contribution in [-0.4, -0.2) is 11.1 Å². The maximum absolute atomic E-state index is 12.7. The van der Waals surface area contributed by atoms with E-state index >= 15 is 0 Å². The van der Waals surface area contributed by atoms with Crippen molar-refractivity contribution in [2.24, 2.45) is 0 Å². The molecule has 4 nitrogen and oxygen atoms in total. The number of hydrogen-bond donors (Lipinski definition) is 2. The molecule has 2 aromatic rings. The number of thiocarbonyl (C=S) groups is 1. The van der Waals surface area contributed by atoms with Gasteiger partial charge in [-0.1, -0.05) is 60.7 Å². The number of benzene rings is 2. The molecule has 122 valence electrons. The number of carbonyl (C=O) groups excluding carboxylic acids is 1. The van der Waals surface area contributed by atoms with Crippen LogP contribution in [0.2, 0.25) is 0 Å². The molecular weight excluding hydrogens is 320 g/mol. The Kier molecular flexibility index (Phi) is 4.91. The zero-order valence-electron chi connectivity index (χ0n) is 13.3. The van der Waals surface area contributed by atoms with E-state index < -0.39 is 0 Å². The van der Waals surface area contributed by atoms with E-state index in [1.807, 2.05) is 67.6 Å². The van der Waals surface area contributed by atoms with Crippen molar-refractivity contribution in [1.82, 2.24) is 10.6 Å². The summed E-state index contributed by atoms with van der Waals surface area (Å²) in [5, 5.41) is 6.66. The van der Waals surface area contributed by atoms with Gasteiger partial charge in [-0.3, -0.25) is 0 Å². The first-order valence-electron chi connectivity index (χ1n) is 7.69. The molecule has 0 spiro atoms. The van der Waals surface area contributed by atoms with Crippen LogP contribution in [0.15, 0.2) is 71.9 Å². The minimum atomic E-state index is -0.354. The molecule has 24 heavy (non-hydrogen) atoms. The summed E-state index contributed by atoms with van der Waals surface area (Å²) in [4.78, 5) is 12.7. The highest BCUT2D eigenvalue weighted by molar-refractivity contribution is 7.80. The zero-order chi connectivity index (χ0) is 16.9. The molecule has 1 aliphatic heterocycles. The molecule has 3 rings (SSSR count). The summed E-state index contributed by atoms with van der Waals surface area (Å²) in [6.45, 7) is 2.07. The molecule has 0 radical (unpaired) electrons. The van der Waals surface area contributed by atoms with Gasteiger partial charge >= 0.3 is 5.97 Å². The van der Waals surface area contributed by atoms with Crippen LogP contribution < -0.4 is 10.6 Å². The fraction of sp³-hybridized carbons (Fsp3) is 0.158. The number of esters is 1. The number of carbonyl (C=O) groups is 1. The molecule has 2 aromatic carbocycles. The highest BCUT2D eigenvalue weighted by Gasteiger charge is 2.30. The van der Waals surface area contributed by atoms with Crippen LogP contribution in [0.3, 0.4) is 0 Å². The van der Waals surface area contributed by atoms with E-state index in [0.717, 1.165) is 11.1 Å². The number of hydrogen-bond acceptors (Lipinski definition) is 3. The monoisotopic (exact) mass is 338 g/mol. The second-order valence-electron chi connectivity index (χ2n) is 5.54. The summed E-state index contributed by atoms with van der Waals surface area (Å²) in [5.41, 5.74) is 3.18. The van der Waals surface area contributed by atoms with E-state index in [-0.39, 0.29) is 18.6 Å². The Balaban J connectivity index is 1.83. The second-order valence-corrected chi connectivity index (χ2v) is 5.95. The zero-order valence-corrected chi connectivity index (χ0v) is 14.1. The van der Waals surface area contributed by atoms with Crippen molar-refractivity contribution in [3.8, 4) is 0 Å². The molecule has 1 atom stereocenters. The van der Waals surface area contributed by atoms with Gasteiger partial charge in [-0.25, -0.2) is 4.79 Å². The van der Waals surface area contributed by atoms with Crippen molar-refractivity contribution in [2.75, 3.05) is 0 Å². The number of allylic oxidation sites excluding steroid dienone is 1. The van der Waals surface area contributed by atoms with Gasteiger partial charge in [-0.2, -0.15) is 0 Å². The topological polar surface area (TPSA) is 50.4 Å². The second kappa shape index (κ2) is 7.27. The Morgan fingerprint density at radius 1 is 1.08 bits per heavy atom. The fourth-order valence-electron chi connectivity index (χ4n) is 2.66. The SMILES string of the molecule is CC1=C(C(=O)OCc2ccccc2)C(c2ccccc2)NC(=S)N1. The van der Waals surface area contributed by atoms with E-state index in [1.165, 1.54) is 0 Å². The largest absolute Gasteiger partial charge is 0.457 e. The molecule has 1 heterocycles. The molecule has 0 bridgehead atoms. The molecule has 1 unspecified atom stereocenters. The lowest BCUT2D eigenvalue weighted by atomic mass is 9.96. The number of rotatable bonds is 4. The van der Waals surface area contributed by atoms with Gasteiger partial charge < -0.3 is 15.4 Å². The third kappa shape index (κ3) is 3.63. The summed E-state index contributed by atoms with van der Waals surface area (Å²) in [7, 11) is 0. The van der Waals surface area contributed by atoms with Gasteiger partial charge in [0.2, 0.25) is 0 Å². The van der Waals surface area contributed by atoms with Crippen LogP contribution in [0.25, 0.3) is 0 Å². The Bertz CT molecular complexity index is 772. The summed E-state index contributed by atoms with van der Waals surface area (Å²) in [6.07, 6.45) is 0. The Morgan fingerprint density at radius 2 is 1.71 bits per heavy atom. The first-order valence-corrected chi connectivity index (χ1v) is 8.10. The molecule has 0 fully saturated rings. The van der Waals surface area contributed by atoms with Crippen LogP contribution in [0.4, 0.5) is 0 Å². The quantitative estimate of drug-likeness (QED) is 0.662. The van der Waals surface area contributed by atoms with Gasteiger partial charge in [0.25, 0.3) is 0 Å². The Labute approximate surface area is 146 Å². The average Bonchev–Trinajstić information content (AvgIpc) is 2.60. The van der Waals surface area contributed by atoms with E-state index in [4.69, 9.17) is 17.0 Å². The maximum atomic E-state index is 12.7. The highest BCUT2D eigenvalue weighted by Crippen LogP contribution is 2.27. The van der Waals surface area contributed by atoms with Crippen LogP contribution in [0.1, 0.15) is 24.1 Å². The Hall–Kier alpha value is -2.66. The third-order valence-electron chi connectivity index (χ3n) is 3.83. The van der Waals surface area contributed by atoms with Gasteiger partial charge in [-0.15, -0.1) is 0 Å². The molecule has 5 heteroatoms. The van der Waals surface area contributed by atoms with Gasteiger partial charge in [0, 0.05) is 5.70 Å². The molecule has 1 aliphatic rings. The van der Waals surface area contributed by atoms with Crippen molar-refractivity contribution in [3.05, 3.63) is 83.1 Å². The normalized spacial score (nSPS) is 17.0. The van der Waals surface area contributed by atoms with Gasteiger partial charge in [0.1, 0.15) is 6.61 Å². The van der Waals surface area contributed by atoms with Crippen LogP contribution >= 0.6 is 12.2 Å². The average molecular weight is 338 g/mol. The fourth-order valence-corrected chi connectivity index (χ4v) is 2.93. The van der Waals surface area contributed by atoms with Crippen LogP contribution in [0, 0.1) is 0 Å². The van der Waals surface area contributed by atoms with Gasteiger partial charge in [0.05, 0.1) is 11.6 Å². The van der Waals surface area contributed by atoms with Crippen LogP contribution in [0.5, 0.6) is 0 Å². The van der Waals surface area contributed by atoms with E-state index in [9.17, 15) is 4.79 Å².